The first-order chi connectivity index (χ1) is 17.4. The number of anilines is 1. The Labute approximate surface area is 211 Å². The van der Waals surface area contributed by atoms with Gasteiger partial charge in [0.15, 0.2) is 0 Å². The first kappa shape index (κ1) is 25.0. The standard InChI is InChI=1S/C27H28N4O4S/c1-3-35-25-12-10-24(11-13-25)31(36(33,34)26-14-4-21(2)5-15-26)19-27(32)29-18-22-6-8-23(9-7-22)30-17-16-28-20-30/h4-17,20H,3,18-19H2,1-2H3,(H,29,32). The lowest BCUT2D eigenvalue weighted by atomic mass is 10.2. The molecule has 3 aromatic carbocycles. The van der Waals surface area contributed by atoms with Gasteiger partial charge in [-0.25, -0.2) is 13.4 Å². The van der Waals surface area contributed by atoms with Gasteiger partial charge in [-0.2, -0.15) is 0 Å². The summed E-state index contributed by atoms with van der Waals surface area (Å²) in [4.78, 5) is 17.1. The molecule has 0 saturated carbocycles. The van der Waals surface area contributed by atoms with Crippen LogP contribution in [-0.2, 0) is 21.4 Å². The summed E-state index contributed by atoms with van der Waals surface area (Å²) < 4.78 is 35.5. The molecule has 9 heteroatoms. The lowest BCUT2D eigenvalue weighted by Gasteiger charge is -2.24. The fraction of sp³-hybridized carbons (Fsp3) is 0.185. The predicted molar refractivity (Wildman–Crippen MR) is 139 cm³/mol. The number of nitrogens with zero attached hydrogens (tertiary/aromatic N) is 3. The Morgan fingerprint density at radius 3 is 2.31 bits per heavy atom. The van der Waals surface area contributed by atoms with Crippen molar-refractivity contribution in [3.8, 4) is 11.4 Å². The first-order valence-corrected chi connectivity index (χ1v) is 13.0. The monoisotopic (exact) mass is 504 g/mol. The number of carbonyl (C=O) groups excluding carboxylic acids is 1. The predicted octanol–water partition coefficient (Wildman–Crippen LogP) is 4.09. The number of carbonyl (C=O) groups is 1. The summed E-state index contributed by atoms with van der Waals surface area (Å²) in [5, 5.41) is 2.83. The molecule has 0 aliphatic heterocycles. The van der Waals surface area contributed by atoms with E-state index in [9.17, 15) is 13.2 Å². The van der Waals surface area contributed by atoms with E-state index in [2.05, 4.69) is 10.3 Å². The lowest BCUT2D eigenvalue weighted by Crippen LogP contribution is -2.40. The van der Waals surface area contributed by atoms with Crippen molar-refractivity contribution in [2.75, 3.05) is 17.5 Å². The van der Waals surface area contributed by atoms with Crippen LogP contribution in [-0.4, -0.2) is 37.0 Å². The van der Waals surface area contributed by atoms with Gasteiger partial charge in [0.2, 0.25) is 5.91 Å². The smallest absolute Gasteiger partial charge is 0.264 e. The van der Waals surface area contributed by atoms with Crippen LogP contribution in [0.4, 0.5) is 5.69 Å². The van der Waals surface area contributed by atoms with Crippen molar-refractivity contribution in [3.05, 3.63) is 103 Å². The summed E-state index contributed by atoms with van der Waals surface area (Å²) >= 11 is 0. The summed E-state index contributed by atoms with van der Waals surface area (Å²) in [6, 6.07) is 20.9. The van der Waals surface area contributed by atoms with Gasteiger partial charge in [0, 0.05) is 24.6 Å². The number of aryl methyl sites for hydroxylation is 1. The van der Waals surface area contributed by atoms with Crippen molar-refractivity contribution < 1.29 is 17.9 Å². The van der Waals surface area contributed by atoms with Crippen molar-refractivity contribution in [2.24, 2.45) is 0 Å². The van der Waals surface area contributed by atoms with Crippen LogP contribution in [0, 0.1) is 6.92 Å². The highest BCUT2D eigenvalue weighted by molar-refractivity contribution is 7.92. The highest BCUT2D eigenvalue weighted by Gasteiger charge is 2.27. The Morgan fingerprint density at radius 1 is 1.00 bits per heavy atom. The van der Waals surface area contributed by atoms with E-state index in [0.29, 0.717) is 18.0 Å². The van der Waals surface area contributed by atoms with E-state index in [1.54, 1.807) is 61.1 Å². The van der Waals surface area contributed by atoms with Gasteiger partial charge in [-0.1, -0.05) is 29.8 Å². The molecule has 186 valence electrons. The number of hydrogen-bond donors (Lipinski definition) is 1. The maximum atomic E-state index is 13.5. The number of aromatic nitrogens is 2. The van der Waals surface area contributed by atoms with E-state index < -0.39 is 15.9 Å². The highest BCUT2D eigenvalue weighted by Crippen LogP contribution is 2.26. The number of imidazole rings is 1. The summed E-state index contributed by atoms with van der Waals surface area (Å²) in [7, 11) is -3.98. The largest absolute Gasteiger partial charge is 0.494 e. The SMILES string of the molecule is CCOc1ccc(N(CC(=O)NCc2ccc(-n3ccnc3)cc2)S(=O)(=O)c2ccc(C)cc2)cc1. The molecule has 36 heavy (non-hydrogen) atoms. The molecule has 0 spiro atoms. The van der Waals surface area contributed by atoms with Crippen LogP contribution in [0.25, 0.3) is 5.69 Å². The number of hydrogen-bond acceptors (Lipinski definition) is 5. The van der Waals surface area contributed by atoms with Crippen LogP contribution < -0.4 is 14.4 Å². The van der Waals surface area contributed by atoms with E-state index in [0.717, 1.165) is 21.1 Å². The number of rotatable bonds is 10. The molecule has 4 aromatic rings. The zero-order chi connectivity index (χ0) is 25.5. The number of amides is 1. The number of ether oxygens (including phenoxy) is 1. The number of nitrogens with one attached hydrogen (secondary N) is 1. The quantitative estimate of drug-likeness (QED) is 0.351. The molecular weight excluding hydrogens is 476 g/mol. The lowest BCUT2D eigenvalue weighted by molar-refractivity contribution is -0.119. The van der Waals surface area contributed by atoms with Gasteiger partial charge in [-0.05, 0) is 67.9 Å². The molecule has 0 unspecified atom stereocenters. The van der Waals surface area contributed by atoms with Crippen molar-refractivity contribution >= 4 is 21.6 Å². The average molecular weight is 505 g/mol. The molecule has 8 nitrogen and oxygen atoms in total. The van der Waals surface area contributed by atoms with E-state index in [4.69, 9.17) is 4.74 Å². The minimum absolute atomic E-state index is 0.116. The maximum absolute atomic E-state index is 13.5. The summed E-state index contributed by atoms with van der Waals surface area (Å²) in [6.45, 7) is 4.16. The fourth-order valence-electron chi connectivity index (χ4n) is 3.61. The molecule has 0 atom stereocenters. The number of sulfonamides is 1. The molecule has 0 radical (unpaired) electrons. The zero-order valence-corrected chi connectivity index (χ0v) is 21.0. The second-order valence-corrected chi connectivity index (χ2v) is 10.0. The van der Waals surface area contributed by atoms with E-state index >= 15 is 0 Å². The second kappa shape index (κ2) is 11.1. The van der Waals surface area contributed by atoms with Gasteiger partial charge in [-0.15, -0.1) is 0 Å². The Morgan fingerprint density at radius 2 is 1.69 bits per heavy atom. The Hall–Kier alpha value is -4.11. The number of benzene rings is 3. The van der Waals surface area contributed by atoms with Crippen molar-refractivity contribution in [3.63, 3.8) is 0 Å². The van der Waals surface area contributed by atoms with Gasteiger partial charge in [-0.3, -0.25) is 9.10 Å². The minimum atomic E-state index is -3.98. The average Bonchev–Trinajstić information content (AvgIpc) is 3.42. The van der Waals surface area contributed by atoms with Gasteiger partial charge in [0.05, 0.1) is 23.5 Å². The molecule has 1 heterocycles. The minimum Gasteiger partial charge on any atom is -0.494 e. The topological polar surface area (TPSA) is 93.5 Å². The molecule has 0 fully saturated rings. The van der Waals surface area contributed by atoms with Crippen molar-refractivity contribution in [2.45, 2.75) is 25.3 Å². The van der Waals surface area contributed by atoms with Crippen LogP contribution in [0.3, 0.4) is 0 Å². The molecule has 0 bridgehead atoms. The molecular formula is C27H28N4O4S. The first-order valence-electron chi connectivity index (χ1n) is 11.5. The Kier molecular flexibility index (Phi) is 7.70. The molecule has 1 aromatic heterocycles. The van der Waals surface area contributed by atoms with Gasteiger partial charge in [0.1, 0.15) is 12.3 Å². The van der Waals surface area contributed by atoms with Crippen LogP contribution in [0.15, 0.2) is 96.4 Å². The summed E-state index contributed by atoms with van der Waals surface area (Å²) in [5.41, 5.74) is 3.16. The molecule has 4 rings (SSSR count). The normalized spacial score (nSPS) is 11.2. The molecule has 0 aliphatic rings. The van der Waals surface area contributed by atoms with Gasteiger partial charge >= 0.3 is 0 Å². The van der Waals surface area contributed by atoms with Crippen LogP contribution in [0.1, 0.15) is 18.1 Å². The molecule has 1 N–H and O–H groups in total. The van der Waals surface area contributed by atoms with Crippen LogP contribution in [0.2, 0.25) is 0 Å². The maximum Gasteiger partial charge on any atom is 0.264 e. The van der Waals surface area contributed by atoms with Gasteiger partial charge < -0.3 is 14.6 Å². The highest BCUT2D eigenvalue weighted by atomic mass is 32.2. The fourth-order valence-corrected chi connectivity index (χ4v) is 5.03. The molecule has 0 saturated heterocycles. The van der Waals surface area contributed by atoms with E-state index in [1.807, 2.05) is 48.9 Å². The van der Waals surface area contributed by atoms with E-state index in [1.165, 1.54) is 0 Å². The Balaban J connectivity index is 1.51. The zero-order valence-electron chi connectivity index (χ0n) is 20.2. The van der Waals surface area contributed by atoms with Crippen molar-refractivity contribution in [1.29, 1.82) is 0 Å². The summed E-state index contributed by atoms with van der Waals surface area (Å²) in [6.07, 6.45) is 5.26. The van der Waals surface area contributed by atoms with Gasteiger partial charge in [0.25, 0.3) is 10.0 Å². The van der Waals surface area contributed by atoms with E-state index in [-0.39, 0.29) is 18.0 Å². The second-order valence-electron chi connectivity index (χ2n) is 8.16. The van der Waals surface area contributed by atoms with Crippen LogP contribution >= 0.6 is 0 Å². The Bertz CT molecular complexity index is 1380. The third-order valence-electron chi connectivity index (χ3n) is 5.56. The molecule has 1 amide bonds. The summed E-state index contributed by atoms with van der Waals surface area (Å²) in [5.74, 6) is 0.204. The molecule has 0 aliphatic carbocycles. The van der Waals surface area contributed by atoms with Crippen molar-refractivity contribution in [1.82, 2.24) is 14.9 Å². The van der Waals surface area contributed by atoms with Crippen LogP contribution in [0.5, 0.6) is 5.75 Å². The third-order valence-corrected chi connectivity index (χ3v) is 7.35. The third kappa shape index (κ3) is 5.92.